The molecule has 128 valence electrons. The van der Waals surface area contributed by atoms with Crippen LogP contribution in [0.5, 0.6) is 0 Å². The van der Waals surface area contributed by atoms with Gasteiger partial charge in [0.25, 0.3) is 0 Å². The molecule has 7 heteroatoms. The molecule has 2 N–H and O–H groups in total. The molecule has 0 spiro atoms. The monoisotopic (exact) mass is 327 g/mol. The van der Waals surface area contributed by atoms with Crippen molar-refractivity contribution in [1.82, 2.24) is 15.5 Å². The number of carbonyl (C=O) groups excluding carboxylic acids is 2. The summed E-state index contributed by atoms with van der Waals surface area (Å²) in [7, 11) is 1.47. The largest absolute Gasteiger partial charge is 0.352 e. The Bertz CT molecular complexity index is 566. The van der Waals surface area contributed by atoms with Crippen LogP contribution < -0.4 is 10.6 Å². The zero-order valence-electron chi connectivity index (χ0n) is 13.8. The lowest BCUT2D eigenvalue weighted by Gasteiger charge is -2.22. The van der Waals surface area contributed by atoms with Gasteiger partial charge in [-0.1, -0.05) is 13.0 Å². The van der Waals surface area contributed by atoms with Crippen LogP contribution in [0.2, 0.25) is 0 Å². The van der Waals surface area contributed by atoms with Gasteiger partial charge < -0.3 is 15.5 Å². The van der Waals surface area contributed by atoms with E-state index in [9.17, 15) is 18.4 Å². The van der Waals surface area contributed by atoms with Gasteiger partial charge in [-0.05, 0) is 26.3 Å². The zero-order chi connectivity index (χ0) is 17.6. The average molecular weight is 327 g/mol. The fraction of sp³-hybridized carbons (Fsp3) is 0.500. The summed E-state index contributed by atoms with van der Waals surface area (Å²) in [6, 6.07) is 1.98. The Morgan fingerprint density at radius 1 is 1.22 bits per heavy atom. The molecule has 2 atom stereocenters. The van der Waals surface area contributed by atoms with Gasteiger partial charge in [-0.15, -0.1) is 0 Å². The number of amides is 3. The van der Waals surface area contributed by atoms with Crippen molar-refractivity contribution in [3.63, 3.8) is 0 Å². The molecule has 1 aromatic carbocycles. The fourth-order valence-corrected chi connectivity index (χ4v) is 1.81. The maximum absolute atomic E-state index is 13.6. The van der Waals surface area contributed by atoms with Gasteiger partial charge in [0.15, 0.2) is 0 Å². The summed E-state index contributed by atoms with van der Waals surface area (Å²) in [5, 5.41) is 5.30. The van der Waals surface area contributed by atoms with Gasteiger partial charge in [0.1, 0.15) is 17.7 Å². The van der Waals surface area contributed by atoms with Crippen molar-refractivity contribution in [3.05, 3.63) is 35.4 Å². The highest BCUT2D eigenvalue weighted by Gasteiger charge is 2.19. The molecule has 0 heterocycles. The van der Waals surface area contributed by atoms with Gasteiger partial charge in [-0.25, -0.2) is 13.6 Å². The van der Waals surface area contributed by atoms with E-state index in [-0.39, 0.29) is 24.1 Å². The third-order valence-corrected chi connectivity index (χ3v) is 3.50. The van der Waals surface area contributed by atoms with Crippen molar-refractivity contribution in [2.24, 2.45) is 0 Å². The molecule has 0 saturated heterocycles. The Kier molecular flexibility index (Phi) is 6.93. The molecule has 5 nitrogen and oxygen atoms in total. The fourth-order valence-electron chi connectivity index (χ4n) is 1.81. The van der Waals surface area contributed by atoms with Gasteiger partial charge in [-0.2, -0.15) is 0 Å². The van der Waals surface area contributed by atoms with Crippen molar-refractivity contribution < 1.29 is 18.4 Å². The minimum atomic E-state index is -0.716. The molecule has 23 heavy (non-hydrogen) atoms. The first kappa shape index (κ1) is 18.9. The van der Waals surface area contributed by atoms with Crippen LogP contribution in [0.1, 0.15) is 32.8 Å². The summed E-state index contributed by atoms with van der Waals surface area (Å²) in [5.74, 6) is -1.67. The molecular formula is C16H23F2N3O2. The first-order valence-electron chi connectivity index (χ1n) is 7.50. The number of halogens is 2. The second kappa shape index (κ2) is 8.45. The van der Waals surface area contributed by atoms with Crippen LogP contribution in [0.15, 0.2) is 18.2 Å². The van der Waals surface area contributed by atoms with Crippen molar-refractivity contribution in [2.45, 2.75) is 45.8 Å². The average Bonchev–Trinajstić information content (AvgIpc) is 2.49. The highest BCUT2D eigenvalue weighted by atomic mass is 19.1. The number of hydrogen-bond acceptors (Lipinski definition) is 2. The van der Waals surface area contributed by atoms with E-state index >= 15 is 0 Å². The molecule has 0 fully saturated rings. The van der Waals surface area contributed by atoms with Crippen LogP contribution in [0.3, 0.4) is 0 Å². The number of urea groups is 1. The van der Waals surface area contributed by atoms with E-state index < -0.39 is 23.7 Å². The number of benzene rings is 1. The maximum atomic E-state index is 13.6. The Morgan fingerprint density at radius 2 is 1.87 bits per heavy atom. The number of nitrogens with zero attached hydrogens (tertiary/aromatic N) is 1. The highest BCUT2D eigenvalue weighted by molar-refractivity contribution is 5.86. The molecule has 0 aliphatic heterocycles. The summed E-state index contributed by atoms with van der Waals surface area (Å²) in [6.45, 7) is 5.36. The minimum Gasteiger partial charge on any atom is -0.352 e. The molecule has 0 aliphatic rings. The third kappa shape index (κ3) is 5.84. The molecule has 0 radical (unpaired) electrons. The molecular weight excluding hydrogens is 304 g/mol. The van der Waals surface area contributed by atoms with E-state index in [1.165, 1.54) is 18.0 Å². The Balaban J connectivity index is 2.58. The van der Waals surface area contributed by atoms with E-state index in [4.69, 9.17) is 0 Å². The zero-order valence-corrected chi connectivity index (χ0v) is 13.8. The summed E-state index contributed by atoms with van der Waals surface area (Å²) in [6.07, 6.45) is 0.788. The SMILES string of the molecule is CCC(C)NC(=O)C(C)NC(=O)N(C)Cc1ccc(F)cc1F. The quantitative estimate of drug-likeness (QED) is 0.843. The molecule has 1 aromatic rings. The van der Waals surface area contributed by atoms with Crippen LogP contribution in [-0.4, -0.2) is 36.0 Å². The Labute approximate surface area is 135 Å². The Morgan fingerprint density at radius 3 is 2.43 bits per heavy atom. The molecule has 2 unspecified atom stereocenters. The second-order valence-corrected chi connectivity index (χ2v) is 5.58. The van der Waals surface area contributed by atoms with Crippen LogP contribution in [0, 0.1) is 11.6 Å². The van der Waals surface area contributed by atoms with Gasteiger partial charge in [0.2, 0.25) is 5.91 Å². The summed E-state index contributed by atoms with van der Waals surface area (Å²) in [4.78, 5) is 25.1. The van der Waals surface area contributed by atoms with Gasteiger partial charge in [-0.3, -0.25) is 4.79 Å². The van der Waals surface area contributed by atoms with Crippen LogP contribution in [-0.2, 0) is 11.3 Å². The van der Waals surface area contributed by atoms with Crippen LogP contribution in [0.25, 0.3) is 0 Å². The van der Waals surface area contributed by atoms with Crippen molar-refractivity contribution in [3.8, 4) is 0 Å². The van der Waals surface area contributed by atoms with E-state index in [1.54, 1.807) is 6.92 Å². The molecule has 0 aromatic heterocycles. The molecule has 0 bridgehead atoms. The van der Waals surface area contributed by atoms with E-state index in [0.717, 1.165) is 18.6 Å². The predicted molar refractivity (Wildman–Crippen MR) is 83.7 cm³/mol. The highest BCUT2D eigenvalue weighted by Crippen LogP contribution is 2.11. The van der Waals surface area contributed by atoms with Gasteiger partial charge in [0, 0.05) is 31.3 Å². The molecule has 1 rings (SSSR count). The number of nitrogens with one attached hydrogen (secondary N) is 2. The predicted octanol–water partition coefficient (Wildman–Crippen LogP) is 2.41. The van der Waals surface area contributed by atoms with E-state index in [1.807, 2.05) is 13.8 Å². The lowest BCUT2D eigenvalue weighted by molar-refractivity contribution is -0.123. The minimum absolute atomic E-state index is 0.0212. The van der Waals surface area contributed by atoms with Crippen molar-refractivity contribution in [1.29, 1.82) is 0 Å². The first-order valence-corrected chi connectivity index (χ1v) is 7.50. The summed E-state index contributed by atoms with van der Waals surface area (Å²) < 4.78 is 26.4. The van der Waals surface area contributed by atoms with Gasteiger partial charge in [0.05, 0.1) is 0 Å². The lowest BCUT2D eigenvalue weighted by atomic mass is 10.2. The molecule has 0 aliphatic carbocycles. The van der Waals surface area contributed by atoms with Crippen LogP contribution >= 0.6 is 0 Å². The van der Waals surface area contributed by atoms with Crippen molar-refractivity contribution in [2.75, 3.05) is 7.05 Å². The van der Waals surface area contributed by atoms with E-state index in [0.29, 0.717) is 0 Å². The topological polar surface area (TPSA) is 61.4 Å². The molecule has 3 amide bonds. The smallest absolute Gasteiger partial charge is 0.318 e. The van der Waals surface area contributed by atoms with Gasteiger partial charge >= 0.3 is 6.03 Å². The lowest BCUT2D eigenvalue weighted by Crippen LogP contribution is -2.50. The van der Waals surface area contributed by atoms with E-state index in [2.05, 4.69) is 10.6 Å². The first-order chi connectivity index (χ1) is 10.7. The Hall–Kier alpha value is -2.18. The number of rotatable bonds is 6. The summed E-state index contributed by atoms with van der Waals surface area (Å²) in [5.41, 5.74) is 0.195. The normalized spacial score (nSPS) is 13.1. The summed E-state index contributed by atoms with van der Waals surface area (Å²) >= 11 is 0. The maximum Gasteiger partial charge on any atom is 0.318 e. The number of hydrogen-bond donors (Lipinski definition) is 2. The second-order valence-electron chi connectivity index (χ2n) is 5.58. The van der Waals surface area contributed by atoms with Crippen LogP contribution in [0.4, 0.5) is 13.6 Å². The third-order valence-electron chi connectivity index (χ3n) is 3.50. The molecule has 0 saturated carbocycles. The standard InChI is InChI=1S/C16H23F2N3O2/c1-5-10(2)19-15(22)11(3)20-16(23)21(4)9-12-6-7-13(17)8-14(12)18/h6-8,10-11H,5,9H2,1-4H3,(H,19,22)(H,20,23). The van der Waals surface area contributed by atoms with Crippen molar-refractivity contribution >= 4 is 11.9 Å². The number of carbonyl (C=O) groups is 2.